The van der Waals surface area contributed by atoms with E-state index < -0.39 is 17.7 Å². The highest BCUT2D eigenvalue weighted by Gasteiger charge is 2.48. The third kappa shape index (κ3) is 2.77. The monoisotopic (exact) mass is 339 g/mol. The number of rotatable bonds is 2. The van der Waals surface area contributed by atoms with Crippen molar-refractivity contribution in [1.82, 2.24) is 9.80 Å². The van der Waals surface area contributed by atoms with Crippen LogP contribution in [0.3, 0.4) is 0 Å². The zero-order chi connectivity index (χ0) is 18.2. The molecule has 1 aromatic rings. The first-order valence-electron chi connectivity index (χ1n) is 8.32. The standard InChI is InChI=1S/C18H21N5O2/c1-4-22-7-8-23(17(22)21-11-20)15-13-9-12(10-19)5-6-14(13)25-18(2,3)16(15)24/h5-6,9,15-16,24H,4,7-8H2,1-3H3. The van der Waals surface area contributed by atoms with E-state index in [0.717, 1.165) is 18.7 Å². The summed E-state index contributed by atoms with van der Waals surface area (Å²) in [5, 5.41) is 29.3. The maximum atomic E-state index is 11.0. The minimum atomic E-state index is -0.838. The number of nitrogens with zero attached hydrogens (tertiary/aromatic N) is 5. The molecule has 1 N–H and O–H groups in total. The Hall–Kier alpha value is -2.77. The number of hydrogen-bond donors (Lipinski definition) is 1. The molecule has 0 radical (unpaired) electrons. The third-order valence-corrected chi connectivity index (χ3v) is 4.86. The predicted octanol–water partition coefficient (Wildman–Crippen LogP) is 1.61. The molecule has 2 atom stereocenters. The van der Waals surface area contributed by atoms with Gasteiger partial charge in [-0.1, -0.05) is 0 Å². The van der Waals surface area contributed by atoms with Crippen molar-refractivity contribution in [2.75, 3.05) is 19.6 Å². The van der Waals surface area contributed by atoms with Crippen LogP contribution in [0, 0.1) is 22.8 Å². The van der Waals surface area contributed by atoms with E-state index in [2.05, 4.69) is 11.1 Å². The van der Waals surface area contributed by atoms with Crippen LogP contribution < -0.4 is 4.74 Å². The number of guanidine groups is 1. The third-order valence-electron chi connectivity index (χ3n) is 4.86. The van der Waals surface area contributed by atoms with E-state index in [-0.39, 0.29) is 0 Å². The highest BCUT2D eigenvalue weighted by Crippen LogP contribution is 2.44. The number of benzene rings is 1. The Morgan fingerprint density at radius 2 is 2.12 bits per heavy atom. The highest BCUT2D eigenvalue weighted by molar-refractivity contribution is 5.83. The molecule has 1 fully saturated rings. The summed E-state index contributed by atoms with van der Waals surface area (Å²) in [7, 11) is 0. The van der Waals surface area contributed by atoms with E-state index in [1.807, 2.05) is 36.8 Å². The summed E-state index contributed by atoms with van der Waals surface area (Å²) >= 11 is 0. The minimum Gasteiger partial charge on any atom is -0.485 e. The molecule has 1 aromatic carbocycles. The first kappa shape index (κ1) is 17.1. The topological polar surface area (TPSA) is 95.9 Å². The van der Waals surface area contributed by atoms with Crippen molar-refractivity contribution >= 4 is 5.96 Å². The molecule has 0 aliphatic carbocycles. The van der Waals surface area contributed by atoms with Gasteiger partial charge in [-0.2, -0.15) is 10.5 Å². The average Bonchev–Trinajstić information content (AvgIpc) is 2.98. The van der Waals surface area contributed by atoms with E-state index in [1.54, 1.807) is 18.2 Å². The van der Waals surface area contributed by atoms with Crippen LogP contribution in [0.2, 0.25) is 0 Å². The molecular weight excluding hydrogens is 318 g/mol. The molecule has 25 heavy (non-hydrogen) atoms. The maximum absolute atomic E-state index is 11.0. The molecule has 7 heteroatoms. The van der Waals surface area contributed by atoms with Gasteiger partial charge in [-0.05, 0) is 39.0 Å². The van der Waals surface area contributed by atoms with Gasteiger partial charge in [0.05, 0.1) is 17.7 Å². The van der Waals surface area contributed by atoms with Gasteiger partial charge in [0.25, 0.3) is 0 Å². The fraction of sp³-hybridized carbons (Fsp3) is 0.500. The lowest BCUT2D eigenvalue weighted by Crippen LogP contribution is -2.54. The van der Waals surface area contributed by atoms with Gasteiger partial charge in [-0.15, -0.1) is 4.99 Å². The summed E-state index contributed by atoms with van der Waals surface area (Å²) in [6.45, 7) is 7.77. The van der Waals surface area contributed by atoms with Crippen LogP contribution in [0.5, 0.6) is 5.75 Å². The molecular formula is C18H21N5O2. The molecule has 130 valence electrons. The van der Waals surface area contributed by atoms with Crippen LogP contribution in [-0.4, -0.2) is 52.2 Å². The second kappa shape index (κ2) is 6.27. The molecule has 2 unspecified atom stereocenters. The van der Waals surface area contributed by atoms with Gasteiger partial charge in [0, 0.05) is 25.2 Å². The summed E-state index contributed by atoms with van der Waals surface area (Å²) in [4.78, 5) is 7.94. The summed E-state index contributed by atoms with van der Waals surface area (Å²) in [6.07, 6.45) is 1.03. The number of ether oxygens (including phenoxy) is 1. The smallest absolute Gasteiger partial charge is 0.213 e. The molecule has 0 spiro atoms. The number of aliphatic hydroxyl groups is 1. The van der Waals surface area contributed by atoms with E-state index in [9.17, 15) is 10.4 Å². The van der Waals surface area contributed by atoms with Crippen molar-refractivity contribution in [3.8, 4) is 18.0 Å². The zero-order valence-corrected chi connectivity index (χ0v) is 14.6. The van der Waals surface area contributed by atoms with Gasteiger partial charge in [0.2, 0.25) is 12.2 Å². The Morgan fingerprint density at radius 1 is 1.36 bits per heavy atom. The molecule has 1 saturated heterocycles. The van der Waals surface area contributed by atoms with E-state index in [1.165, 1.54) is 0 Å². The molecule has 0 bridgehead atoms. The largest absolute Gasteiger partial charge is 0.485 e. The molecule has 2 aliphatic heterocycles. The summed E-state index contributed by atoms with van der Waals surface area (Å²) in [6, 6.07) is 6.92. The number of aliphatic imine (C=N–C) groups is 1. The van der Waals surface area contributed by atoms with Crippen molar-refractivity contribution < 1.29 is 9.84 Å². The second-order valence-electron chi connectivity index (χ2n) is 6.74. The van der Waals surface area contributed by atoms with E-state index >= 15 is 0 Å². The van der Waals surface area contributed by atoms with Crippen LogP contribution in [0.15, 0.2) is 23.2 Å². The molecule has 2 heterocycles. The minimum absolute atomic E-state index is 0.435. The number of fused-ring (bicyclic) bond motifs is 1. The predicted molar refractivity (Wildman–Crippen MR) is 91.6 cm³/mol. The first-order valence-corrected chi connectivity index (χ1v) is 8.32. The van der Waals surface area contributed by atoms with Gasteiger partial charge in [0.15, 0.2) is 0 Å². The van der Waals surface area contributed by atoms with E-state index in [4.69, 9.17) is 10.00 Å². The molecule has 0 saturated carbocycles. The Balaban J connectivity index is 2.13. The van der Waals surface area contributed by atoms with Gasteiger partial charge >= 0.3 is 0 Å². The first-order chi connectivity index (χ1) is 11.9. The lowest BCUT2D eigenvalue weighted by molar-refractivity contribution is -0.0801. The summed E-state index contributed by atoms with van der Waals surface area (Å²) in [5.41, 5.74) is 0.447. The number of likely N-dealkylation sites (N-methyl/N-ethyl adjacent to an activating group) is 1. The van der Waals surface area contributed by atoms with Crippen molar-refractivity contribution in [3.05, 3.63) is 29.3 Å². The van der Waals surface area contributed by atoms with Gasteiger partial charge in [-0.3, -0.25) is 0 Å². The Bertz CT molecular complexity index is 790. The normalized spacial score (nSPS) is 25.9. The zero-order valence-electron chi connectivity index (χ0n) is 14.6. The Kier molecular flexibility index (Phi) is 4.28. The molecule has 2 aliphatic rings. The Labute approximate surface area is 147 Å². The van der Waals surface area contributed by atoms with Crippen molar-refractivity contribution in [2.24, 2.45) is 4.99 Å². The SMILES string of the molecule is CCN1CCN(C2c3cc(C#N)ccc3OC(C)(C)C2O)C1=NC#N. The van der Waals surface area contributed by atoms with Crippen molar-refractivity contribution in [2.45, 2.75) is 38.5 Å². The summed E-state index contributed by atoms with van der Waals surface area (Å²) < 4.78 is 5.96. The lowest BCUT2D eigenvalue weighted by Gasteiger charge is -2.45. The lowest BCUT2D eigenvalue weighted by atomic mass is 9.85. The van der Waals surface area contributed by atoms with Gasteiger partial charge in [0.1, 0.15) is 17.5 Å². The summed E-state index contributed by atoms with van der Waals surface area (Å²) in [5.74, 6) is 1.20. The number of hydrogen-bond acceptors (Lipinski definition) is 5. The van der Waals surface area contributed by atoms with Gasteiger partial charge in [-0.25, -0.2) is 0 Å². The van der Waals surface area contributed by atoms with Crippen LogP contribution in [0.1, 0.15) is 37.9 Å². The van der Waals surface area contributed by atoms with Crippen molar-refractivity contribution in [3.63, 3.8) is 0 Å². The molecule has 7 nitrogen and oxygen atoms in total. The molecule has 0 aromatic heterocycles. The second-order valence-corrected chi connectivity index (χ2v) is 6.74. The Morgan fingerprint density at radius 3 is 2.76 bits per heavy atom. The van der Waals surface area contributed by atoms with Crippen LogP contribution in [0.25, 0.3) is 0 Å². The molecule has 3 rings (SSSR count). The average molecular weight is 339 g/mol. The van der Waals surface area contributed by atoms with Crippen LogP contribution >= 0.6 is 0 Å². The fourth-order valence-electron chi connectivity index (χ4n) is 3.53. The van der Waals surface area contributed by atoms with Crippen molar-refractivity contribution in [1.29, 1.82) is 10.5 Å². The number of aliphatic hydroxyl groups excluding tert-OH is 1. The molecule has 0 amide bonds. The number of nitriles is 2. The van der Waals surface area contributed by atoms with E-state index in [0.29, 0.717) is 23.8 Å². The highest BCUT2D eigenvalue weighted by atomic mass is 16.5. The maximum Gasteiger partial charge on any atom is 0.213 e. The van der Waals surface area contributed by atoms with Crippen LogP contribution in [0.4, 0.5) is 0 Å². The van der Waals surface area contributed by atoms with Gasteiger partial charge < -0.3 is 19.6 Å². The quantitative estimate of drug-likeness (QED) is 0.822. The fourth-order valence-corrected chi connectivity index (χ4v) is 3.53. The van der Waals surface area contributed by atoms with Crippen LogP contribution in [-0.2, 0) is 0 Å².